The summed E-state index contributed by atoms with van der Waals surface area (Å²) < 4.78 is 14.3. The van der Waals surface area contributed by atoms with Crippen LogP contribution in [0.25, 0.3) is 0 Å². The zero-order valence-corrected chi connectivity index (χ0v) is 27.9. The third kappa shape index (κ3) is 5.07. The normalized spacial score (nSPS) is 24.4. The first-order valence-electron chi connectivity index (χ1n) is 16.0. The minimum atomic E-state index is -2.88. The number of carbonyl (C=O) groups excluding carboxylic acids is 2. The Morgan fingerprint density at radius 2 is 1.79 bits per heavy atom. The van der Waals surface area contributed by atoms with Gasteiger partial charge in [-0.25, -0.2) is 0 Å². The molecule has 3 aromatic carbocycles. The van der Waals surface area contributed by atoms with E-state index in [-0.39, 0.29) is 42.4 Å². The van der Waals surface area contributed by atoms with Crippen molar-refractivity contribution >= 4 is 37.2 Å². The predicted molar refractivity (Wildman–Crippen MR) is 178 cm³/mol. The van der Waals surface area contributed by atoms with Crippen molar-refractivity contribution in [2.45, 2.75) is 56.1 Å². The molecule has 11 nitrogen and oxygen atoms in total. The summed E-state index contributed by atoms with van der Waals surface area (Å²) in [6, 6.07) is 22.7. The van der Waals surface area contributed by atoms with Gasteiger partial charge >= 0.3 is 0 Å². The third-order valence-electron chi connectivity index (χ3n) is 10.0. The Balaban J connectivity index is 1.21. The van der Waals surface area contributed by atoms with Crippen LogP contribution in [0.15, 0.2) is 79.0 Å². The number of aromatic nitrogens is 3. The van der Waals surface area contributed by atoms with Gasteiger partial charge in [-0.2, -0.15) is 0 Å². The van der Waals surface area contributed by atoms with Crippen molar-refractivity contribution < 1.29 is 29.0 Å². The first-order chi connectivity index (χ1) is 22.5. The summed E-state index contributed by atoms with van der Waals surface area (Å²) in [5.41, 5.74) is 2.68. The minimum absolute atomic E-state index is 0.0895. The lowest BCUT2D eigenvalue weighted by Crippen LogP contribution is -2.45. The van der Waals surface area contributed by atoms with Gasteiger partial charge in [-0.05, 0) is 55.4 Å². The Morgan fingerprint density at radius 1 is 1.04 bits per heavy atom. The highest BCUT2D eigenvalue weighted by Gasteiger charge is 2.65. The second-order valence-corrected chi connectivity index (χ2v) is 17.2. The van der Waals surface area contributed by atoms with Crippen LogP contribution in [0.5, 0.6) is 5.75 Å². The number of fused-ring (bicyclic) bond motifs is 3. The highest BCUT2D eigenvalue weighted by molar-refractivity contribution is 6.71. The summed E-state index contributed by atoms with van der Waals surface area (Å²) in [6.45, 7) is 6.05. The van der Waals surface area contributed by atoms with Crippen molar-refractivity contribution in [1.29, 1.82) is 0 Å². The van der Waals surface area contributed by atoms with Crippen molar-refractivity contribution in [3.8, 4) is 5.75 Å². The van der Waals surface area contributed by atoms with E-state index in [0.717, 1.165) is 5.56 Å². The number of nitrogens with zero attached hydrogens (tertiary/aromatic N) is 5. The molecule has 7 rings (SSSR count). The molecule has 4 heterocycles. The summed E-state index contributed by atoms with van der Waals surface area (Å²) in [6.07, 6.45) is 1.89. The fraction of sp³-hybridized carbons (Fsp3) is 0.371. The van der Waals surface area contributed by atoms with Crippen LogP contribution >= 0.6 is 0 Å². The molecule has 0 radical (unpaired) electrons. The van der Waals surface area contributed by atoms with E-state index in [4.69, 9.17) is 9.47 Å². The molecule has 1 unspecified atom stereocenters. The van der Waals surface area contributed by atoms with Gasteiger partial charge in [0.25, 0.3) is 11.8 Å². The quantitative estimate of drug-likeness (QED) is 0.269. The Morgan fingerprint density at radius 3 is 2.53 bits per heavy atom. The lowest BCUT2D eigenvalue weighted by Gasteiger charge is -2.33. The molecule has 2 amide bonds. The number of rotatable bonds is 8. The van der Waals surface area contributed by atoms with Gasteiger partial charge in [0.1, 0.15) is 5.75 Å². The highest BCUT2D eigenvalue weighted by Crippen LogP contribution is 2.60. The van der Waals surface area contributed by atoms with Crippen molar-refractivity contribution in [3.05, 3.63) is 95.8 Å². The van der Waals surface area contributed by atoms with Crippen molar-refractivity contribution in [1.82, 2.24) is 15.0 Å². The van der Waals surface area contributed by atoms with Gasteiger partial charge < -0.3 is 24.3 Å². The van der Waals surface area contributed by atoms with E-state index in [1.807, 2.05) is 99.0 Å². The number of ether oxygens (including phenoxy) is 2. The molecule has 4 aromatic rings. The molecule has 1 fully saturated rings. The predicted octanol–water partition coefficient (Wildman–Crippen LogP) is 4.32. The summed E-state index contributed by atoms with van der Waals surface area (Å²) in [4.78, 5) is 42.4. The van der Waals surface area contributed by atoms with E-state index in [0.29, 0.717) is 47.0 Å². The number of aliphatic hydroxyl groups is 1. The second kappa shape index (κ2) is 11.7. The van der Waals surface area contributed by atoms with Crippen LogP contribution in [0.1, 0.15) is 36.1 Å². The Kier molecular flexibility index (Phi) is 7.78. The number of amides is 2. The Labute approximate surface area is 274 Å². The Hall–Kier alpha value is -4.36. The molecular weight excluding hydrogens is 614 g/mol. The number of hydrogen-bond acceptors (Lipinski definition) is 8. The van der Waals surface area contributed by atoms with Gasteiger partial charge in [0.05, 0.1) is 35.7 Å². The number of benzene rings is 3. The zero-order chi connectivity index (χ0) is 33.1. The number of aliphatic hydroxyl groups excluding tert-OH is 1. The van der Waals surface area contributed by atoms with Crippen molar-refractivity contribution in [3.63, 3.8) is 0 Å². The van der Waals surface area contributed by atoms with E-state index in [2.05, 4.69) is 10.3 Å². The summed E-state index contributed by atoms with van der Waals surface area (Å²) in [7, 11) is -1.13. The molecule has 12 heteroatoms. The number of para-hydroxylation sites is 2. The van der Waals surface area contributed by atoms with Gasteiger partial charge in [-0.1, -0.05) is 54.6 Å². The Bertz CT molecular complexity index is 1830. The number of anilines is 3. The van der Waals surface area contributed by atoms with Gasteiger partial charge in [0, 0.05) is 42.5 Å². The minimum Gasteiger partial charge on any atom is -0.482 e. The largest absolute Gasteiger partial charge is 0.482 e. The average Bonchev–Trinajstić information content (AvgIpc) is 3.71. The van der Waals surface area contributed by atoms with Gasteiger partial charge in [0.15, 0.2) is 20.5 Å². The van der Waals surface area contributed by atoms with E-state index in [1.165, 1.54) is 0 Å². The van der Waals surface area contributed by atoms with Gasteiger partial charge in [-0.3, -0.25) is 19.2 Å². The molecule has 2 N–H and O–H groups in total. The number of carbonyl (C=O) groups is 2. The maximum atomic E-state index is 14.3. The third-order valence-corrected chi connectivity index (χ3v) is 12.5. The molecule has 0 bridgehead atoms. The standard InChI is InChI=1S/C35H39N5O6Si/c1-22-33(47(3,4)44)31(16-17-39-19-27(36-37-39)25(20-41)23-10-6-5-7-11-23)46-35(22)26-18-24(14-15-28(26)38(2)34(35)43)40-29-12-8-9-13-30(29)45-21-32(40)42/h5-15,18-19,22,25,31,33,41,44H,16-17,20-21H2,1-4H3/t22-,25?,31+,33-,35+/m1/s1. The molecule has 1 aromatic heterocycles. The van der Waals surface area contributed by atoms with Gasteiger partial charge in [-0.15, -0.1) is 5.10 Å². The lowest BCUT2D eigenvalue weighted by atomic mass is 9.82. The van der Waals surface area contributed by atoms with Crippen LogP contribution in [0.3, 0.4) is 0 Å². The smallest absolute Gasteiger partial charge is 0.269 e. The fourth-order valence-electron chi connectivity index (χ4n) is 7.86. The van der Waals surface area contributed by atoms with E-state index in [1.54, 1.807) is 21.5 Å². The molecule has 3 aliphatic heterocycles. The summed E-state index contributed by atoms with van der Waals surface area (Å²) in [5, 5.41) is 18.8. The first-order valence-corrected chi connectivity index (χ1v) is 19.0. The van der Waals surface area contributed by atoms with E-state index < -0.39 is 20.0 Å². The van der Waals surface area contributed by atoms with Crippen LogP contribution in [-0.2, 0) is 26.5 Å². The van der Waals surface area contributed by atoms with Crippen molar-refractivity contribution in [2.75, 3.05) is 30.1 Å². The van der Waals surface area contributed by atoms with Crippen LogP contribution in [0.2, 0.25) is 18.6 Å². The topological polar surface area (TPSA) is 130 Å². The zero-order valence-electron chi connectivity index (χ0n) is 26.9. The van der Waals surface area contributed by atoms with Gasteiger partial charge in [0.2, 0.25) is 0 Å². The maximum absolute atomic E-state index is 14.3. The van der Waals surface area contributed by atoms with Crippen LogP contribution in [-0.4, -0.2) is 71.4 Å². The summed E-state index contributed by atoms with van der Waals surface area (Å²) in [5.74, 6) is -0.428. The molecule has 47 heavy (non-hydrogen) atoms. The fourth-order valence-corrected chi connectivity index (χ4v) is 10.5. The average molecular weight is 654 g/mol. The summed E-state index contributed by atoms with van der Waals surface area (Å²) >= 11 is 0. The number of hydrogen-bond donors (Lipinski definition) is 2. The molecule has 1 spiro atoms. The SMILES string of the molecule is C[C@@H]1[C@@H]([Si](C)(C)O)[C@H](CCn2cc(C(CO)c3ccccc3)nn2)O[C@@]12C(=O)N(C)c1ccc(N3C(=O)COc4ccccc43)cc12. The molecule has 5 atom stereocenters. The molecule has 1 saturated heterocycles. The molecule has 0 aliphatic carbocycles. The van der Waals surface area contributed by atoms with E-state index in [9.17, 15) is 19.5 Å². The molecule has 3 aliphatic rings. The number of aryl methyl sites for hydroxylation is 1. The highest BCUT2D eigenvalue weighted by atomic mass is 28.4. The maximum Gasteiger partial charge on any atom is 0.269 e. The van der Waals surface area contributed by atoms with E-state index >= 15 is 0 Å². The first kappa shape index (κ1) is 31.2. The second-order valence-electron chi connectivity index (χ2n) is 13.3. The van der Waals surface area contributed by atoms with Crippen LogP contribution < -0.4 is 14.5 Å². The molecule has 244 valence electrons. The number of likely N-dealkylation sites (N-methyl/N-ethyl adjacent to an activating group) is 1. The van der Waals surface area contributed by atoms with Crippen LogP contribution in [0, 0.1) is 5.92 Å². The molecular formula is C35H39N5O6Si. The lowest BCUT2D eigenvalue weighted by molar-refractivity contribution is -0.145. The monoisotopic (exact) mass is 653 g/mol. The van der Waals surface area contributed by atoms with Crippen LogP contribution in [0.4, 0.5) is 17.1 Å². The van der Waals surface area contributed by atoms with Crippen molar-refractivity contribution in [2.24, 2.45) is 5.92 Å². The molecule has 0 saturated carbocycles.